The summed E-state index contributed by atoms with van der Waals surface area (Å²) in [6.45, 7) is 3.71. The number of sulfone groups is 1. The van der Waals surface area contributed by atoms with Crippen molar-refractivity contribution in [3.8, 4) is 0 Å². The van der Waals surface area contributed by atoms with Gasteiger partial charge < -0.3 is 4.90 Å². The van der Waals surface area contributed by atoms with Crippen LogP contribution in [-0.4, -0.2) is 62.0 Å². The first kappa shape index (κ1) is 14.4. The third kappa shape index (κ3) is 2.73. The Morgan fingerprint density at radius 1 is 1.14 bits per heavy atom. The second-order valence-electron chi connectivity index (χ2n) is 6.04. The molecule has 0 saturated carbocycles. The largest absolute Gasteiger partial charge is 0.345 e. The SMILES string of the molecule is O=S1(=O)CC[C@@H](N2CCN(c3nc4ccccc4s3)CC2)C1. The molecule has 118 valence electrons. The number of rotatable bonds is 2. The topological polar surface area (TPSA) is 53.5 Å². The van der Waals surface area contributed by atoms with Crippen molar-refractivity contribution in [2.24, 2.45) is 0 Å². The summed E-state index contributed by atoms with van der Waals surface area (Å²) >= 11 is 1.74. The zero-order chi connectivity index (χ0) is 15.2. The van der Waals surface area contributed by atoms with E-state index in [1.54, 1.807) is 11.3 Å². The lowest BCUT2D eigenvalue weighted by atomic mass is 10.2. The third-order valence-corrected chi connectivity index (χ3v) is 7.44. The van der Waals surface area contributed by atoms with Gasteiger partial charge in [0, 0.05) is 32.2 Å². The van der Waals surface area contributed by atoms with E-state index in [0.717, 1.165) is 43.2 Å². The molecule has 0 bridgehead atoms. The van der Waals surface area contributed by atoms with Gasteiger partial charge in [0.15, 0.2) is 15.0 Å². The molecule has 0 N–H and O–H groups in total. The van der Waals surface area contributed by atoms with Crippen LogP contribution in [-0.2, 0) is 9.84 Å². The Balaban J connectivity index is 1.43. The van der Waals surface area contributed by atoms with Gasteiger partial charge in [-0.1, -0.05) is 23.5 Å². The zero-order valence-corrected chi connectivity index (χ0v) is 13.9. The van der Waals surface area contributed by atoms with Crippen molar-refractivity contribution in [3.63, 3.8) is 0 Å². The molecule has 3 heterocycles. The Labute approximate surface area is 134 Å². The molecule has 2 aromatic rings. The van der Waals surface area contributed by atoms with Crippen LogP contribution in [0, 0.1) is 0 Å². The first-order valence-electron chi connectivity index (χ1n) is 7.66. The van der Waals surface area contributed by atoms with Gasteiger partial charge in [0.05, 0.1) is 21.7 Å². The molecular weight excluding hydrogens is 318 g/mol. The van der Waals surface area contributed by atoms with Gasteiger partial charge in [-0.15, -0.1) is 0 Å². The molecular formula is C15H19N3O2S2. The number of thiazole rings is 1. The first-order valence-corrected chi connectivity index (χ1v) is 10.3. The van der Waals surface area contributed by atoms with Gasteiger partial charge in [-0.05, 0) is 18.6 Å². The molecule has 7 heteroatoms. The maximum Gasteiger partial charge on any atom is 0.186 e. The molecule has 0 spiro atoms. The Morgan fingerprint density at radius 2 is 1.91 bits per heavy atom. The van der Waals surface area contributed by atoms with E-state index in [4.69, 9.17) is 4.98 Å². The van der Waals surface area contributed by atoms with Crippen molar-refractivity contribution in [1.82, 2.24) is 9.88 Å². The second kappa shape index (κ2) is 5.47. The minimum Gasteiger partial charge on any atom is -0.345 e. The fourth-order valence-electron chi connectivity index (χ4n) is 3.34. The summed E-state index contributed by atoms with van der Waals surface area (Å²) in [4.78, 5) is 9.38. The van der Waals surface area contributed by atoms with Gasteiger partial charge in [-0.25, -0.2) is 13.4 Å². The Bertz CT molecular complexity index is 746. The van der Waals surface area contributed by atoms with Crippen LogP contribution in [0.5, 0.6) is 0 Å². The predicted octanol–water partition coefficient (Wildman–Crippen LogP) is 1.61. The maximum atomic E-state index is 11.6. The first-order chi connectivity index (χ1) is 10.6. The lowest BCUT2D eigenvalue weighted by Gasteiger charge is -2.37. The predicted molar refractivity (Wildman–Crippen MR) is 90.5 cm³/mol. The monoisotopic (exact) mass is 337 g/mol. The number of para-hydroxylation sites is 1. The van der Waals surface area contributed by atoms with Crippen LogP contribution in [0.1, 0.15) is 6.42 Å². The second-order valence-corrected chi connectivity index (χ2v) is 9.28. The van der Waals surface area contributed by atoms with Crippen molar-refractivity contribution in [3.05, 3.63) is 24.3 Å². The molecule has 0 amide bonds. The summed E-state index contributed by atoms with van der Waals surface area (Å²) in [6, 6.07) is 8.44. The van der Waals surface area contributed by atoms with Gasteiger partial charge in [0.25, 0.3) is 0 Å². The number of benzene rings is 1. The van der Waals surface area contributed by atoms with Crippen LogP contribution < -0.4 is 4.90 Å². The molecule has 1 aromatic carbocycles. The van der Waals surface area contributed by atoms with E-state index >= 15 is 0 Å². The summed E-state index contributed by atoms with van der Waals surface area (Å²) in [5.74, 6) is 0.698. The number of piperazine rings is 1. The highest BCUT2D eigenvalue weighted by atomic mass is 32.2. The fraction of sp³-hybridized carbons (Fsp3) is 0.533. The molecule has 1 atom stereocenters. The Kier molecular flexibility index (Phi) is 3.58. The minimum absolute atomic E-state index is 0.225. The highest BCUT2D eigenvalue weighted by Crippen LogP contribution is 2.29. The smallest absolute Gasteiger partial charge is 0.186 e. The van der Waals surface area contributed by atoms with Gasteiger partial charge in [0.2, 0.25) is 0 Å². The molecule has 2 aliphatic rings. The Hall–Kier alpha value is -1.18. The number of aromatic nitrogens is 1. The summed E-state index contributed by atoms with van der Waals surface area (Å²) in [5.41, 5.74) is 1.06. The number of hydrogen-bond donors (Lipinski definition) is 0. The highest BCUT2D eigenvalue weighted by Gasteiger charge is 2.33. The highest BCUT2D eigenvalue weighted by molar-refractivity contribution is 7.91. The summed E-state index contributed by atoms with van der Waals surface area (Å²) < 4.78 is 24.5. The molecule has 2 saturated heterocycles. The maximum absolute atomic E-state index is 11.6. The van der Waals surface area contributed by atoms with Crippen LogP contribution in [0.15, 0.2) is 24.3 Å². The minimum atomic E-state index is -2.79. The van der Waals surface area contributed by atoms with Gasteiger partial charge in [-0.2, -0.15) is 0 Å². The molecule has 2 aliphatic heterocycles. The summed E-state index contributed by atoms with van der Waals surface area (Å²) in [7, 11) is -2.79. The van der Waals surface area contributed by atoms with Crippen molar-refractivity contribution >= 4 is 36.5 Å². The lowest BCUT2D eigenvalue weighted by molar-refractivity contribution is 0.200. The van der Waals surface area contributed by atoms with E-state index in [1.807, 2.05) is 12.1 Å². The molecule has 1 aromatic heterocycles. The molecule has 2 fully saturated rings. The number of hydrogen-bond acceptors (Lipinski definition) is 6. The van der Waals surface area contributed by atoms with Crippen molar-refractivity contribution in [2.45, 2.75) is 12.5 Å². The molecule has 22 heavy (non-hydrogen) atoms. The summed E-state index contributed by atoms with van der Waals surface area (Å²) in [6.07, 6.45) is 0.795. The fourth-order valence-corrected chi connectivity index (χ4v) is 6.12. The van der Waals surface area contributed by atoms with Crippen LogP contribution in [0.4, 0.5) is 5.13 Å². The van der Waals surface area contributed by atoms with E-state index in [2.05, 4.69) is 21.9 Å². The van der Waals surface area contributed by atoms with Crippen LogP contribution in [0.3, 0.4) is 0 Å². The average molecular weight is 337 g/mol. The van der Waals surface area contributed by atoms with Crippen molar-refractivity contribution < 1.29 is 8.42 Å². The lowest BCUT2D eigenvalue weighted by Crippen LogP contribution is -2.50. The summed E-state index contributed by atoms with van der Waals surface area (Å²) in [5, 5.41) is 1.08. The quantitative estimate of drug-likeness (QED) is 0.833. The zero-order valence-electron chi connectivity index (χ0n) is 12.3. The third-order valence-electron chi connectivity index (χ3n) is 4.59. The van der Waals surface area contributed by atoms with E-state index in [9.17, 15) is 8.42 Å². The Morgan fingerprint density at radius 3 is 2.59 bits per heavy atom. The molecule has 0 radical (unpaired) electrons. The van der Waals surface area contributed by atoms with E-state index in [0.29, 0.717) is 11.5 Å². The van der Waals surface area contributed by atoms with Crippen LogP contribution >= 0.6 is 11.3 Å². The van der Waals surface area contributed by atoms with Crippen molar-refractivity contribution in [2.75, 3.05) is 42.6 Å². The molecule has 0 aliphatic carbocycles. The average Bonchev–Trinajstić information content (AvgIpc) is 3.10. The number of fused-ring (bicyclic) bond motifs is 1. The van der Waals surface area contributed by atoms with Crippen LogP contribution in [0.25, 0.3) is 10.2 Å². The number of anilines is 1. The molecule has 0 unspecified atom stereocenters. The van der Waals surface area contributed by atoms with Gasteiger partial charge in [-0.3, -0.25) is 4.90 Å². The van der Waals surface area contributed by atoms with E-state index in [-0.39, 0.29) is 6.04 Å². The number of nitrogens with zero attached hydrogens (tertiary/aromatic N) is 3. The van der Waals surface area contributed by atoms with Crippen molar-refractivity contribution in [1.29, 1.82) is 0 Å². The molecule has 4 rings (SSSR count). The van der Waals surface area contributed by atoms with Crippen LogP contribution in [0.2, 0.25) is 0 Å². The van der Waals surface area contributed by atoms with Gasteiger partial charge >= 0.3 is 0 Å². The van der Waals surface area contributed by atoms with E-state index in [1.165, 1.54) is 4.70 Å². The normalized spacial score (nSPS) is 25.8. The van der Waals surface area contributed by atoms with Gasteiger partial charge in [0.1, 0.15) is 0 Å². The standard InChI is InChI=1S/C15H19N3O2S2/c19-22(20)10-5-12(11-22)17-6-8-18(9-7-17)15-16-13-3-1-2-4-14(13)21-15/h1-4,12H,5-11H2/t12-/m1/s1. The van der Waals surface area contributed by atoms with E-state index < -0.39 is 9.84 Å². The molecule has 5 nitrogen and oxygen atoms in total.